The number of fused-ring (bicyclic) bond motifs is 2. The molecule has 2 heterocycles. The van der Waals surface area contributed by atoms with Crippen LogP contribution in [-0.2, 0) is 17.6 Å². The van der Waals surface area contributed by atoms with Crippen LogP contribution in [0.1, 0.15) is 34.5 Å². The van der Waals surface area contributed by atoms with Crippen LogP contribution in [0.5, 0.6) is 5.75 Å². The van der Waals surface area contributed by atoms with Gasteiger partial charge in [0.1, 0.15) is 5.75 Å². The van der Waals surface area contributed by atoms with Crippen molar-refractivity contribution in [3.05, 3.63) is 81.7 Å². The van der Waals surface area contributed by atoms with E-state index in [4.69, 9.17) is 9.72 Å². The summed E-state index contributed by atoms with van der Waals surface area (Å²) in [6, 6.07) is 15.9. The third-order valence-corrected chi connectivity index (χ3v) is 7.17. The number of carbonyl (C=O) groups excluding carboxylic acids is 1. The van der Waals surface area contributed by atoms with Crippen molar-refractivity contribution in [2.24, 2.45) is 0 Å². The average Bonchev–Trinajstić information content (AvgIpc) is 3.27. The standard InChI is InChI=1S/C28H27N3O2S/c1-18-15-16-34-26(18)13-14-27(32)29-19-11-12-23-21(17-19)28(20-7-3-4-8-22(20)30-23)31-24-9-5-6-10-25(24)33-2/h5-6,9-17H,3-4,7-8H2,1-2H3,(H,29,32)(H,30,31). The van der Waals surface area contributed by atoms with Crippen LogP contribution >= 0.6 is 11.3 Å². The minimum Gasteiger partial charge on any atom is -0.495 e. The Morgan fingerprint density at radius 3 is 2.79 bits per heavy atom. The molecule has 0 bridgehead atoms. The van der Waals surface area contributed by atoms with E-state index in [1.165, 1.54) is 11.1 Å². The zero-order chi connectivity index (χ0) is 23.5. The maximum atomic E-state index is 12.6. The van der Waals surface area contributed by atoms with Crippen LogP contribution in [0.4, 0.5) is 17.1 Å². The highest BCUT2D eigenvalue weighted by molar-refractivity contribution is 7.11. The van der Waals surface area contributed by atoms with Crippen molar-refractivity contribution in [2.75, 3.05) is 17.7 Å². The molecule has 0 atom stereocenters. The number of nitrogens with zero attached hydrogens (tertiary/aromatic N) is 1. The summed E-state index contributed by atoms with van der Waals surface area (Å²) in [6.07, 6.45) is 7.71. The minimum absolute atomic E-state index is 0.155. The lowest BCUT2D eigenvalue weighted by Gasteiger charge is -2.22. The molecular formula is C28H27N3O2S. The van der Waals surface area contributed by atoms with E-state index in [1.54, 1.807) is 24.5 Å². The number of rotatable bonds is 6. The summed E-state index contributed by atoms with van der Waals surface area (Å²) >= 11 is 1.62. The number of pyridine rings is 1. The summed E-state index contributed by atoms with van der Waals surface area (Å²) in [7, 11) is 1.68. The summed E-state index contributed by atoms with van der Waals surface area (Å²) in [4.78, 5) is 18.7. The van der Waals surface area contributed by atoms with Crippen LogP contribution in [-0.4, -0.2) is 18.0 Å². The Labute approximate surface area is 203 Å². The second kappa shape index (κ2) is 9.69. The Hall–Kier alpha value is -3.64. The zero-order valence-corrected chi connectivity index (χ0v) is 20.2. The van der Waals surface area contributed by atoms with Crippen molar-refractivity contribution in [1.82, 2.24) is 4.98 Å². The molecule has 0 unspecified atom stereocenters. The molecule has 0 saturated heterocycles. The molecule has 0 spiro atoms. The summed E-state index contributed by atoms with van der Waals surface area (Å²) in [5, 5.41) is 9.66. The van der Waals surface area contributed by atoms with Crippen LogP contribution in [0.25, 0.3) is 17.0 Å². The summed E-state index contributed by atoms with van der Waals surface area (Å²) in [6.45, 7) is 2.04. The second-order valence-electron chi connectivity index (χ2n) is 8.47. The molecule has 34 heavy (non-hydrogen) atoms. The third kappa shape index (κ3) is 4.54. The number of hydrogen-bond donors (Lipinski definition) is 2. The smallest absolute Gasteiger partial charge is 0.248 e. The average molecular weight is 470 g/mol. The van der Waals surface area contributed by atoms with E-state index in [0.717, 1.165) is 70.0 Å². The highest BCUT2D eigenvalue weighted by Crippen LogP contribution is 2.38. The fraction of sp³-hybridized carbons (Fsp3) is 0.214. The highest BCUT2D eigenvalue weighted by atomic mass is 32.1. The van der Waals surface area contributed by atoms with Crippen molar-refractivity contribution in [1.29, 1.82) is 0 Å². The molecule has 1 amide bonds. The first-order chi connectivity index (χ1) is 16.6. The van der Waals surface area contributed by atoms with Gasteiger partial charge in [-0.15, -0.1) is 11.3 Å². The molecule has 0 fully saturated rings. The normalized spacial score (nSPS) is 13.1. The second-order valence-corrected chi connectivity index (χ2v) is 9.41. The number of thiophene rings is 1. The third-order valence-electron chi connectivity index (χ3n) is 6.18. The van der Waals surface area contributed by atoms with Gasteiger partial charge in [0, 0.05) is 27.7 Å². The summed E-state index contributed by atoms with van der Waals surface area (Å²) in [5.74, 6) is 0.632. The van der Waals surface area contributed by atoms with Crippen molar-refractivity contribution in [2.45, 2.75) is 32.6 Å². The first-order valence-electron chi connectivity index (χ1n) is 11.5. The van der Waals surface area contributed by atoms with Gasteiger partial charge in [0.15, 0.2) is 0 Å². The first kappa shape index (κ1) is 22.2. The van der Waals surface area contributed by atoms with E-state index in [9.17, 15) is 4.79 Å². The number of benzene rings is 2. The molecule has 2 aromatic heterocycles. The molecule has 0 aliphatic heterocycles. The van der Waals surface area contributed by atoms with Gasteiger partial charge in [-0.3, -0.25) is 9.78 Å². The molecule has 172 valence electrons. The number of nitrogens with one attached hydrogen (secondary N) is 2. The van der Waals surface area contributed by atoms with Crippen molar-refractivity contribution >= 4 is 51.3 Å². The van der Waals surface area contributed by atoms with Crippen LogP contribution < -0.4 is 15.4 Å². The number of methoxy groups -OCH3 is 1. The molecule has 2 aromatic carbocycles. The quantitative estimate of drug-likeness (QED) is 0.302. The predicted molar refractivity (Wildman–Crippen MR) is 141 cm³/mol. The van der Waals surface area contributed by atoms with Gasteiger partial charge in [0.05, 0.1) is 24.0 Å². The van der Waals surface area contributed by atoms with E-state index < -0.39 is 0 Å². The summed E-state index contributed by atoms with van der Waals surface area (Å²) in [5.41, 5.74) is 7.19. The molecule has 5 rings (SSSR count). The maximum absolute atomic E-state index is 12.6. The van der Waals surface area contributed by atoms with Crippen molar-refractivity contribution in [3.63, 3.8) is 0 Å². The molecule has 6 heteroatoms. The van der Waals surface area contributed by atoms with Gasteiger partial charge in [-0.2, -0.15) is 0 Å². The number of anilines is 3. The number of carbonyl (C=O) groups is 1. The lowest BCUT2D eigenvalue weighted by atomic mass is 9.92. The van der Waals surface area contributed by atoms with E-state index in [1.807, 2.05) is 60.8 Å². The van der Waals surface area contributed by atoms with Crippen LogP contribution in [0.3, 0.4) is 0 Å². The monoisotopic (exact) mass is 469 g/mol. The SMILES string of the molecule is COc1ccccc1Nc1c2c(nc3ccc(NC(=O)C=Cc4sccc4C)cc13)CCCC2. The Morgan fingerprint density at radius 1 is 1.12 bits per heavy atom. The lowest BCUT2D eigenvalue weighted by molar-refractivity contribution is -0.111. The predicted octanol–water partition coefficient (Wildman–Crippen LogP) is 6.89. The first-order valence-corrected chi connectivity index (χ1v) is 12.4. The van der Waals surface area contributed by atoms with Crippen LogP contribution in [0.2, 0.25) is 0 Å². The fourth-order valence-corrected chi connectivity index (χ4v) is 5.24. The molecule has 0 saturated carbocycles. The Kier molecular flexibility index (Phi) is 6.32. The van der Waals surface area contributed by atoms with Crippen LogP contribution in [0, 0.1) is 6.92 Å². The number of hydrogen-bond acceptors (Lipinski definition) is 5. The van der Waals surface area contributed by atoms with Crippen LogP contribution in [0.15, 0.2) is 60.0 Å². The van der Waals surface area contributed by atoms with E-state index in [2.05, 4.69) is 16.7 Å². The molecule has 1 aliphatic rings. The van der Waals surface area contributed by atoms with Gasteiger partial charge >= 0.3 is 0 Å². The molecular weight excluding hydrogens is 442 g/mol. The van der Waals surface area contributed by atoms with Gasteiger partial charge in [-0.05, 0) is 91.6 Å². The number of para-hydroxylation sites is 2. The van der Waals surface area contributed by atoms with Gasteiger partial charge in [0.2, 0.25) is 5.91 Å². The number of amides is 1. The van der Waals surface area contributed by atoms with E-state index >= 15 is 0 Å². The van der Waals surface area contributed by atoms with Gasteiger partial charge in [-0.1, -0.05) is 12.1 Å². The minimum atomic E-state index is -0.155. The zero-order valence-electron chi connectivity index (χ0n) is 19.4. The highest BCUT2D eigenvalue weighted by Gasteiger charge is 2.19. The molecule has 4 aromatic rings. The van der Waals surface area contributed by atoms with Gasteiger partial charge in [-0.25, -0.2) is 0 Å². The maximum Gasteiger partial charge on any atom is 0.248 e. The van der Waals surface area contributed by atoms with E-state index in [-0.39, 0.29) is 5.91 Å². The molecule has 5 nitrogen and oxygen atoms in total. The van der Waals surface area contributed by atoms with Gasteiger partial charge in [0.25, 0.3) is 0 Å². The Morgan fingerprint density at radius 2 is 1.97 bits per heavy atom. The number of aromatic nitrogens is 1. The molecule has 1 aliphatic carbocycles. The lowest BCUT2D eigenvalue weighted by Crippen LogP contribution is -2.11. The number of ether oxygens (including phenoxy) is 1. The Bertz CT molecular complexity index is 1390. The van der Waals surface area contributed by atoms with Crippen molar-refractivity contribution in [3.8, 4) is 5.75 Å². The molecule has 2 N–H and O–H groups in total. The topological polar surface area (TPSA) is 63.2 Å². The van der Waals surface area contributed by atoms with Gasteiger partial charge < -0.3 is 15.4 Å². The Balaban J connectivity index is 1.51. The number of aryl methyl sites for hydroxylation is 2. The fourth-order valence-electron chi connectivity index (χ4n) is 4.42. The summed E-state index contributed by atoms with van der Waals surface area (Å²) < 4.78 is 5.57. The van der Waals surface area contributed by atoms with Crippen molar-refractivity contribution < 1.29 is 9.53 Å². The molecule has 0 radical (unpaired) electrons. The van der Waals surface area contributed by atoms with E-state index in [0.29, 0.717) is 0 Å². The largest absolute Gasteiger partial charge is 0.495 e.